The molecule has 0 unspecified atom stereocenters. The maximum Gasteiger partial charge on any atom is 0.0826 e. The lowest BCUT2D eigenvalue weighted by molar-refractivity contribution is -0.280. The van der Waals surface area contributed by atoms with Crippen molar-refractivity contribution < 1.29 is 5.21 Å². The topological polar surface area (TPSA) is 48.9 Å². The standard InChI is InChI=1S/C9H14N3OS/c1-8(2)5-6-7(14-11-10-6)9(3,4)12(8)13/h5H2,1-4H3. The van der Waals surface area contributed by atoms with Crippen molar-refractivity contribution in [2.24, 2.45) is 0 Å². The molecule has 14 heavy (non-hydrogen) atoms. The monoisotopic (exact) mass is 212 g/mol. The molecule has 0 aliphatic carbocycles. The molecule has 5 heteroatoms. The van der Waals surface area contributed by atoms with Gasteiger partial charge in [0.1, 0.15) is 0 Å². The fourth-order valence-corrected chi connectivity index (χ4v) is 2.87. The predicted octanol–water partition coefficient (Wildman–Crippen LogP) is 1.76. The number of hydrogen-bond donors (Lipinski definition) is 0. The lowest BCUT2D eigenvalue weighted by Gasteiger charge is -2.45. The zero-order valence-corrected chi connectivity index (χ0v) is 9.68. The van der Waals surface area contributed by atoms with Crippen LogP contribution in [0.25, 0.3) is 0 Å². The van der Waals surface area contributed by atoms with E-state index in [1.165, 1.54) is 16.6 Å². The number of rotatable bonds is 0. The summed E-state index contributed by atoms with van der Waals surface area (Å²) in [6.07, 6.45) is 0.686. The Kier molecular flexibility index (Phi) is 1.96. The van der Waals surface area contributed by atoms with Crippen LogP contribution < -0.4 is 0 Å². The van der Waals surface area contributed by atoms with E-state index in [9.17, 15) is 5.21 Å². The predicted molar refractivity (Wildman–Crippen MR) is 53.2 cm³/mol. The molecule has 0 atom stereocenters. The first-order chi connectivity index (χ1) is 6.36. The van der Waals surface area contributed by atoms with Crippen LogP contribution in [0.5, 0.6) is 0 Å². The minimum absolute atomic E-state index is 0.383. The van der Waals surface area contributed by atoms with Crippen molar-refractivity contribution in [3.63, 3.8) is 0 Å². The van der Waals surface area contributed by atoms with E-state index in [1.54, 1.807) is 0 Å². The van der Waals surface area contributed by atoms with Crippen LogP contribution in [-0.4, -0.2) is 20.2 Å². The van der Waals surface area contributed by atoms with E-state index < -0.39 is 5.54 Å². The summed E-state index contributed by atoms with van der Waals surface area (Å²) in [4.78, 5) is 1.01. The molecule has 0 amide bonds. The van der Waals surface area contributed by atoms with Gasteiger partial charge in [-0.2, -0.15) is 0 Å². The Balaban J connectivity index is 2.55. The number of nitrogens with zero attached hydrogens (tertiary/aromatic N) is 3. The molecule has 2 rings (SSSR count). The summed E-state index contributed by atoms with van der Waals surface area (Å²) in [5, 5.41) is 17.4. The molecular formula is C9H14N3OS. The molecular weight excluding hydrogens is 198 g/mol. The zero-order valence-electron chi connectivity index (χ0n) is 8.87. The number of hydrogen-bond acceptors (Lipinski definition) is 4. The van der Waals surface area contributed by atoms with Gasteiger partial charge < -0.3 is 0 Å². The fourth-order valence-electron chi connectivity index (χ4n) is 2.12. The molecule has 0 saturated carbocycles. The molecule has 4 nitrogen and oxygen atoms in total. The summed E-state index contributed by atoms with van der Waals surface area (Å²) >= 11 is 1.33. The van der Waals surface area contributed by atoms with Gasteiger partial charge in [-0.1, -0.05) is 4.49 Å². The van der Waals surface area contributed by atoms with E-state index in [4.69, 9.17) is 0 Å². The van der Waals surface area contributed by atoms with Crippen LogP contribution in [-0.2, 0) is 17.2 Å². The Morgan fingerprint density at radius 2 is 2.00 bits per heavy atom. The lowest BCUT2D eigenvalue weighted by Crippen LogP contribution is -2.55. The first-order valence-electron chi connectivity index (χ1n) is 4.65. The Bertz CT molecular complexity index is 359. The van der Waals surface area contributed by atoms with Crippen LogP contribution in [0.15, 0.2) is 0 Å². The maximum absolute atomic E-state index is 12.1. The number of hydroxylamine groups is 2. The SMILES string of the molecule is CC1(C)Cc2nnsc2C(C)(C)N1[O]. The number of aromatic nitrogens is 2. The smallest absolute Gasteiger partial charge is 0.0826 e. The van der Waals surface area contributed by atoms with Gasteiger partial charge in [0.05, 0.1) is 21.6 Å². The second-order valence-corrected chi connectivity index (χ2v) is 5.65. The molecule has 1 aliphatic heterocycles. The molecule has 1 aromatic heterocycles. The van der Waals surface area contributed by atoms with E-state index in [-0.39, 0.29) is 5.54 Å². The number of fused-ring (bicyclic) bond motifs is 1. The molecule has 1 radical (unpaired) electrons. The molecule has 77 valence electrons. The highest BCUT2D eigenvalue weighted by Gasteiger charge is 2.47. The van der Waals surface area contributed by atoms with Gasteiger partial charge in [0.2, 0.25) is 0 Å². The van der Waals surface area contributed by atoms with Gasteiger partial charge in [-0.3, -0.25) is 0 Å². The highest BCUT2D eigenvalue weighted by Crippen LogP contribution is 2.42. The zero-order chi connectivity index (χ0) is 10.6. The van der Waals surface area contributed by atoms with Gasteiger partial charge >= 0.3 is 0 Å². The summed E-state index contributed by atoms with van der Waals surface area (Å²) in [7, 11) is 0. The molecule has 0 saturated heterocycles. The van der Waals surface area contributed by atoms with Crippen LogP contribution in [0, 0.1) is 0 Å². The Hall–Kier alpha value is -0.520. The van der Waals surface area contributed by atoms with Gasteiger partial charge in [0, 0.05) is 6.42 Å². The van der Waals surface area contributed by atoms with Gasteiger partial charge in [0.25, 0.3) is 0 Å². The molecule has 1 aromatic rings. The summed E-state index contributed by atoms with van der Waals surface area (Å²) in [6, 6.07) is 0. The molecule has 0 aromatic carbocycles. The summed E-state index contributed by atoms with van der Waals surface area (Å²) in [5.74, 6) is 0. The molecule has 0 fully saturated rings. The van der Waals surface area contributed by atoms with Gasteiger partial charge in [-0.25, -0.2) is 0 Å². The van der Waals surface area contributed by atoms with Gasteiger partial charge in [-0.15, -0.1) is 15.4 Å². The van der Waals surface area contributed by atoms with Crippen LogP contribution in [0.4, 0.5) is 0 Å². The van der Waals surface area contributed by atoms with Crippen LogP contribution in [0.3, 0.4) is 0 Å². The Morgan fingerprint density at radius 3 is 2.64 bits per heavy atom. The van der Waals surface area contributed by atoms with Crippen molar-refractivity contribution in [3.8, 4) is 0 Å². The maximum atomic E-state index is 12.1. The molecule has 0 bridgehead atoms. The van der Waals surface area contributed by atoms with Crippen LogP contribution in [0.1, 0.15) is 38.3 Å². The highest BCUT2D eigenvalue weighted by molar-refractivity contribution is 7.05. The van der Waals surface area contributed by atoms with Gasteiger partial charge in [0.15, 0.2) is 0 Å². The minimum Gasteiger partial charge on any atom is -0.143 e. The lowest BCUT2D eigenvalue weighted by atomic mass is 9.84. The molecule has 1 aliphatic rings. The average Bonchev–Trinajstić information content (AvgIpc) is 2.49. The van der Waals surface area contributed by atoms with E-state index in [0.29, 0.717) is 6.42 Å². The Morgan fingerprint density at radius 1 is 1.36 bits per heavy atom. The second kappa shape index (κ2) is 2.74. The third-order valence-corrected chi connectivity index (χ3v) is 3.85. The van der Waals surface area contributed by atoms with Crippen molar-refractivity contribution in [2.45, 2.75) is 45.2 Å². The van der Waals surface area contributed by atoms with Crippen molar-refractivity contribution in [1.82, 2.24) is 14.7 Å². The normalized spacial score (nSPS) is 24.6. The molecule has 0 N–H and O–H groups in total. The fraction of sp³-hybridized carbons (Fsp3) is 0.778. The van der Waals surface area contributed by atoms with Crippen molar-refractivity contribution in [2.75, 3.05) is 0 Å². The average molecular weight is 212 g/mol. The molecule has 2 heterocycles. The van der Waals surface area contributed by atoms with E-state index >= 15 is 0 Å². The summed E-state index contributed by atoms with van der Waals surface area (Å²) < 4.78 is 3.93. The third-order valence-electron chi connectivity index (χ3n) is 2.77. The second-order valence-electron chi connectivity index (χ2n) is 4.89. The first kappa shape index (κ1) is 10.0. The van der Waals surface area contributed by atoms with Crippen molar-refractivity contribution in [1.29, 1.82) is 0 Å². The van der Waals surface area contributed by atoms with Crippen molar-refractivity contribution in [3.05, 3.63) is 10.6 Å². The van der Waals surface area contributed by atoms with Gasteiger partial charge in [-0.05, 0) is 39.2 Å². The highest BCUT2D eigenvalue weighted by atomic mass is 32.1. The quantitative estimate of drug-likeness (QED) is 0.658. The summed E-state index contributed by atoms with van der Waals surface area (Å²) in [5.41, 5.74) is 0.106. The first-order valence-corrected chi connectivity index (χ1v) is 5.42. The van der Waals surface area contributed by atoms with E-state index in [0.717, 1.165) is 10.6 Å². The summed E-state index contributed by atoms with van der Waals surface area (Å²) in [6.45, 7) is 7.76. The van der Waals surface area contributed by atoms with E-state index in [2.05, 4.69) is 9.59 Å². The van der Waals surface area contributed by atoms with Crippen molar-refractivity contribution >= 4 is 11.5 Å². The largest absolute Gasteiger partial charge is 0.143 e. The third kappa shape index (κ3) is 1.20. The van der Waals surface area contributed by atoms with E-state index in [1.807, 2.05) is 27.7 Å². The van der Waals surface area contributed by atoms with Crippen LogP contribution >= 0.6 is 11.5 Å². The Labute approximate surface area is 87.7 Å². The van der Waals surface area contributed by atoms with Crippen LogP contribution in [0.2, 0.25) is 0 Å². The minimum atomic E-state index is -0.495. The molecule has 0 spiro atoms.